The molecule has 2 rings (SSSR count). The summed E-state index contributed by atoms with van der Waals surface area (Å²) < 4.78 is 0. The number of nitrogen functional groups attached to an aromatic ring is 1. The van der Waals surface area contributed by atoms with Gasteiger partial charge < -0.3 is 21.1 Å². The first-order valence-corrected chi connectivity index (χ1v) is 8.73. The first kappa shape index (κ1) is 19.7. The SMILES string of the molecule is CCN(CCO)C1=CC(=O)C(Nc2c(C)c(C)c(N)c(C)c2C)=CC1=O. The average molecular weight is 357 g/mol. The Balaban J connectivity index is 2.37. The minimum absolute atomic E-state index is 0.0795. The van der Waals surface area contributed by atoms with Crippen LogP contribution in [0.15, 0.2) is 23.5 Å². The summed E-state index contributed by atoms with van der Waals surface area (Å²) in [7, 11) is 0. The van der Waals surface area contributed by atoms with Crippen LogP contribution in [0.4, 0.5) is 11.4 Å². The standard InChI is InChI=1S/C20H27N3O3/c1-6-23(7-8-24)16-10-17(25)15(9-18(16)26)22-20-13(4)11(2)19(21)12(3)14(20)5/h9-10,22,24H,6-8,21H2,1-5H3. The Hall–Kier alpha value is -2.60. The lowest BCUT2D eigenvalue weighted by Gasteiger charge is -2.26. The molecule has 4 N–H and O–H groups in total. The van der Waals surface area contributed by atoms with E-state index < -0.39 is 0 Å². The normalized spacial score (nSPS) is 14.2. The number of ketones is 2. The van der Waals surface area contributed by atoms with E-state index in [9.17, 15) is 9.59 Å². The number of rotatable bonds is 6. The van der Waals surface area contributed by atoms with Crippen molar-refractivity contribution in [2.45, 2.75) is 34.6 Å². The van der Waals surface area contributed by atoms with Gasteiger partial charge in [0.1, 0.15) is 0 Å². The number of carbonyl (C=O) groups is 2. The molecule has 26 heavy (non-hydrogen) atoms. The van der Waals surface area contributed by atoms with Crippen LogP contribution in [0.1, 0.15) is 29.2 Å². The Morgan fingerprint density at radius 2 is 1.58 bits per heavy atom. The molecule has 1 aliphatic carbocycles. The molecular weight excluding hydrogens is 330 g/mol. The molecule has 0 amide bonds. The number of nitrogens with zero attached hydrogens (tertiary/aromatic N) is 1. The highest BCUT2D eigenvalue weighted by Gasteiger charge is 2.25. The maximum Gasteiger partial charge on any atom is 0.204 e. The van der Waals surface area contributed by atoms with Crippen molar-refractivity contribution in [1.29, 1.82) is 0 Å². The second kappa shape index (κ2) is 7.74. The first-order valence-electron chi connectivity index (χ1n) is 8.73. The summed E-state index contributed by atoms with van der Waals surface area (Å²) in [6.45, 7) is 10.4. The third-order valence-electron chi connectivity index (χ3n) is 5.10. The number of aliphatic hydroxyl groups excluding tert-OH is 1. The molecule has 0 heterocycles. The van der Waals surface area contributed by atoms with E-state index in [1.807, 2.05) is 34.6 Å². The van der Waals surface area contributed by atoms with E-state index in [0.717, 1.165) is 33.6 Å². The van der Waals surface area contributed by atoms with Crippen molar-refractivity contribution >= 4 is 22.9 Å². The average Bonchev–Trinajstić information content (AvgIpc) is 2.62. The molecule has 140 valence electrons. The van der Waals surface area contributed by atoms with Crippen LogP contribution in [0, 0.1) is 27.7 Å². The van der Waals surface area contributed by atoms with E-state index in [2.05, 4.69) is 5.32 Å². The number of nitrogens with one attached hydrogen (secondary N) is 1. The number of nitrogens with two attached hydrogens (primary N) is 1. The number of carbonyl (C=O) groups excluding carboxylic acids is 2. The summed E-state index contributed by atoms with van der Waals surface area (Å²) >= 11 is 0. The highest BCUT2D eigenvalue weighted by atomic mass is 16.3. The highest BCUT2D eigenvalue weighted by molar-refractivity contribution is 6.20. The summed E-state index contributed by atoms with van der Waals surface area (Å²) in [6, 6.07) is 0. The van der Waals surface area contributed by atoms with Gasteiger partial charge in [-0.3, -0.25) is 9.59 Å². The highest BCUT2D eigenvalue weighted by Crippen LogP contribution is 2.33. The van der Waals surface area contributed by atoms with Crippen LogP contribution in [0.25, 0.3) is 0 Å². The zero-order valence-electron chi connectivity index (χ0n) is 16.1. The van der Waals surface area contributed by atoms with Crippen molar-refractivity contribution in [1.82, 2.24) is 4.90 Å². The minimum atomic E-state index is -0.262. The summed E-state index contributed by atoms with van der Waals surface area (Å²) in [5.74, 6) is -0.511. The second-order valence-electron chi connectivity index (χ2n) is 6.53. The number of anilines is 2. The lowest BCUT2D eigenvalue weighted by atomic mass is 9.95. The van der Waals surface area contributed by atoms with Crippen LogP contribution in [-0.4, -0.2) is 41.3 Å². The van der Waals surface area contributed by atoms with E-state index in [1.165, 1.54) is 12.2 Å². The molecule has 6 heteroatoms. The number of likely N-dealkylation sites (N-methyl/N-ethyl adjacent to an activating group) is 1. The Labute approximate surface area is 154 Å². The van der Waals surface area contributed by atoms with Crippen LogP contribution in [0.2, 0.25) is 0 Å². The summed E-state index contributed by atoms with van der Waals surface area (Å²) in [5, 5.41) is 12.3. The zero-order chi connectivity index (χ0) is 19.6. The van der Waals surface area contributed by atoms with Crippen molar-refractivity contribution in [3.05, 3.63) is 45.8 Å². The number of hydrogen-bond donors (Lipinski definition) is 3. The lowest BCUT2D eigenvalue weighted by Crippen LogP contribution is -2.33. The molecule has 0 aromatic heterocycles. The first-order chi connectivity index (χ1) is 12.2. The van der Waals surface area contributed by atoms with Crippen LogP contribution in [0.3, 0.4) is 0 Å². The molecule has 1 aromatic rings. The van der Waals surface area contributed by atoms with Crippen LogP contribution < -0.4 is 11.1 Å². The predicted molar refractivity (Wildman–Crippen MR) is 104 cm³/mol. The third kappa shape index (κ3) is 3.51. The minimum Gasteiger partial charge on any atom is -0.398 e. The molecule has 0 bridgehead atoms. The zero-order valence-corrected chi connectivity index (χ0v) is 16.1. The molecule has 0 aliphatic heterocycles. The van der Waals surface area contributed by atoms with E-state index in [1.54, 1.807) is 4.90 Å². The summed E-state index contributed by atoms with van der Waals surface area (Å²) in [6.07, 6.45) is 2.67. The number of aliphatic hydroxyl groups is 1. The van der Waals surface area contributed by atoms with Crippen molar-refractivity contribution < 1.29 is 14.7 Å². The maximum absolute atomic E-state index is 12.6. The molecule has 0 radical (unpaired) electrons. The molecule has 1 aromatic carbocycles. The van der Waals surface area contributed by atoms with Gasteiger partial charge >= 0.3 is 0 Å². The van der Waals surface area contributed by atoms with E-state index >= 15 is 0 Å². The van der Waals surface area contributed by atoms with Gasteiger partial charge in [0.2, 0.25) is 11.6 Å². The van der Waals surface area contributed by atoms with Crippen LogP contribution in [-0.2, 0) is 9.59 Å². The third-order valence-corrected chi connectivity index (χ3v) is 5.10. The Bertz CT molecular complexity index is 793. The van der Waals surface area contributed by atoms with Gasteiger partial charge in [-0.25, -0.2) is 0 Å². The summed E-state index contributed by atoms with van der Waals surface area (Å²) in [5.41, 5.74) is 12.1. The largest absolute Gasteiger partial charge is 0.398 e. The van der Waals surface area contributed by atoms with Gasteiger partial charge in [-0.1, -0.05) is 0 Å². The van der Waals surface area contributed by atoms with Gasteiger partial charge in [0.25, 0.3) is 0 Å². The van der Waals surface area contributed by atoms with Gasteiger partial charge in [-0.05, 0) is 56.9 Å². The van der Waals surface area contributed by atoms with Crippen molar-refractivity contribution in [2.75, 3.05) is 30.7 Å². The lowest BCUT2D eigenvalue weighted by molar-refractivity contribution is -0.116. The van der Waals surface area contributed by atoms with Gasteiger partial charge in [0.15, 0.2) is 0 Å². The van der Waals surface area contributed by atoms with E-state index in [-0.39, 0.29) is 23.9 Å². The van der Waals surface area contributed by atoms with E-state index in [4.69, 9.17) is 10.8 Å². The van der Waals surface area contributed by atoms with Crippen molar-refractivity contribution in [2.24, 2.45) is 0 Å². The second-order valence-corrected chi connectivity index (χ2v) is 6.53. The number of allylic oxidation sites excluding steroid dienone is 2. The Morgan fingerprint density at radius 1 is 1.00 bits per heavy atom. The fourth-order valence-electron chi connectivity index (χ4n) is 3.13. The maximum atomic E-state index is 12.6. The summed E-state index contributed by atoms with van der Waals surface area (Å²) in [4.78, 5) is 26.8. The predicted octanol–water partition coefficient (Wildman–Crippen LogP) is 2.15. The van der Waals surface area contributed by atoms with E-state index in [0.29, 0.717) is 18.8 Å². The molecule has 6 nitrogen and oxygen atoms in total. The molecule has 0 fully saturated rings. The fourth-order valence-corrected chi connectivity index (χ4v) is 3.13. The fraction of sp³-hybridized carbons (Fsp3) is 0.400. The number of benzene rings is 1. The van der Waals surface area contributed by atoms with Gasteiger partial charge in [-0.15, -0.1) is 0 Å². The van der Waals surface area contributed by atoms with Crippen molar-refractivity contribution in [3.63, 3.8) is 0 Å². The quantitative estimate of drug-likeness (QED) is 0.533. The van der Waals surface area contributed by atoms with Crippen LogP contribution in [0.5, 0.6) is 0 Å². The van der Waals surface area contributed by atoms with Gasteiger partial charge in [-0.2, -0.15) is 0 Å². The molecule has 0 saturated carbocycles. The van der Waals surface area contributed by atoms with Gasteiger partial charge in [0, 0.05) is 36.6 Å². The monoisotopic (exact) mass is 357 g/mol. The van der Waals surface area contributed by atoms with Crippen LogP contribution >= 0.6 is 0 Å². The van der Waals surface area contributed by atoms with Crippen molar-refractivity contribution in [3.8, 4) is 0 Å². The Kier molecular flexibility index (Phi) is 5.87. The molecule has 1 aliphatic rings. The molecule has 0 atom stereocenters. The van der Waals surface area contributed by atoms with Gasteiger partial charge in [0.05, 0.1) is 18.0 Å². The molecule has 0 unspecified atom stereocenters. The molecule has 0 saturated heterocycles. The number of hydrogen-bond acceptors (Lipinski definition) is 6. The topological polar surface area (TPSA) is 95.7 Å². The molecule has 0 spiro atoms. The smallest absolute Gasteiger partial charge is 0.204 e. The Morgan fingerprint density at radius 3 is 2.08 bits per heavy atom. The molecular formula is C20H27N3O3.